The van der Waals surface area contributed by atoms with Crippen LogP contribution in [-0.4, -0.2) is 13.3 Å². The molecule has 0 bridgehead atoms. The number of nitrogens with one attached hydrogen (secondary N) is 1. The van der Waals surface area contributed by atoms with E-state index in [9.17, 15) is 0 Å². The fourth-order valence-corrected chi connectivity index (χ4v) is 2.81. The van der Waals surface area contributed by atoms with Gasteiger partial charge in [0.2, 0.25) is 5.88 Å². The summed E-state index contributed by atoms with van der Waals surface area (Å²) in [7, 11) is 2.01. The molecule has 23 heavy (non-hydrogen) atoms. The number of hydrogen-bond acceptors (Lipinski definition) is 4. The minimum Gasteiger partial charge on any atom is -0.465 e. The molecule has 0 saturated carbocycles. The van der Waals surface area contributed by atoms with E-state index in [-0.39, 0.29) is 6.23 Å². The van der Waals surface area contributed by atoms with Crippen molar-refractivity contribution in [3.05, 3.63) is 72.1 Å². The zero-order valence-electron chi connectivity index (χ0n) is 13.1. The highest BCUT2D eigenvalue weighted by Crippen LogP contribution is 2.37. The highest BCUT2D eigenvalue weighted by Gasteiger charge is 2.23. The molecular formula is C19H18N2O2. The van der Waals surface area contributed by atoms with Gasteiger partial charge in [0.15, 0.2) is 12.0 Å². The van der Waals surface area contributed by atoms with Gasteiger partial charge in [-0.15, -0.1) is 0 Å². The summed E-state index contributed by atoms with van der Waals surface area (Å²) >= 11 is 0. The Balaban J connectivity index is 1.52. The summed E-state index contributed by atoms with van der Waals surface area (Å²) in [5.74, 6) is 2.59. The molecule has 2 aliphatic rings. The van der Waals surface area contributed by atoms with Gasteiger partial charge in [-0.05, 0) is 42.8 Å². The van der Waals surface area contributed by atoms with E-state index in [2.05, 4.69) is 5.32 Å². The van der Waals surface area contributed by atoms with E-state index in [0.717, 1.165) is 34.3 Å². The monoisotopic (exact) mass is 306 g/mol. The van der Waals surface area contributed by atoms with Gasteiger partial charge in [0.1, 0.15) is 5.75 Å². The fourth-order valence-electron chi connectivity index (χ4n) is 2.81. The highest BCUT2D eigenvalue weighted by atomic mass is 16.5. The van der Waals surface area contributed by atoms with E-state index < -0.39 is 0 Å². The lowest BCUT2D eigenvalue weighted by atomic mass is 10.2. The van der Waals surface area contributed by atoms with Crippen LogP contribution < -0.4 is 19.7 Å². The molecule has 4 nitrogen and oxygen atoms in total. The van der Waals surface area contributed by atoms with E-state index in [4.69, 9.17) is 9.47 Å². The van der Waals surface area contributed by atoms with Crippen molar-refractivity contribution in [2.45, 2.75) is 13.2 Å². The second-order valence-electron chi connectivity index (χ2n) is 5.70. The third kappa shape index (κ3) is 2.52. The summed E-state index contributed by atoms with van der Waals surface area (Å²) in [6.07, 6.45) is 3.92. The average Bonchev–Trinajstić information content (AvgIpc) is 3.09. The van der Waals surface area contributed by atoms with E-state index in [1.54, 1.807) is 0 Å². The predicted octanol–water partition coefficient (Wildman–Crippen LogP) is 4.13. The van der Waals surface area contributed by atoms with Crippen LogP contribution in [-0.2, 0) is 0 Å². The normalized spacial score (nSPS) is 20.6. The molecule has 0 fully saturated rings. The first kappa shape index (κ1) is 13.8. The molecular weight excluding hydrogens is 288 g/mol. The van der Waals surface area contributed by atoms with Crippen molar-refractivity contribution in [1.82, 2.24) is 0 Å². The number of ether oxygens (including phenoxy) is 2. The van der Waals surface area contributed by atoms with Gasteiger partial charge in [-0.3, -0.25) is 0 Å². The minimum atomic E-state index is -0.154. The number of rotatable bonds is 2. The van der Waals surface area contributed by atoms with Crippen LogP contribution in [0.5, 0.6) is 11.5 Å². The van der Waals surface area contributed by atoms with Crippen molar-refractivity contribution < 1.29 is 9.47 Å². The van der Waals surface area contributed by atoms with Gasteiger partial charge in [0.05, 0.1) is 11.4 Å². The van der Waals surface area contributed by atoms with Crippen LogP contribution >= 0.6 is 0 Å². The van der Waals surface area contributed by atoms with Crippen molar-refractivity contribution >= 4 is 11.4 Å². The van der Waals surface area contributed by atoms with Crippen molar-refractivity contribution in [2.24, 2.45) is 0 Å². The maximum Gasteiger partial charge on any atom is 0.200 e. The first-order valence-corrected chi connectivity index (χ1v) is 7.64. The van der Waals surface area contributed by atoms with Gasteiger partial charge in [0.25, 0.3) is 0 Å². The first-order chi connectivity index (χ1) is 11.2. The van der Waals surface area contributed by atoms with E-state index in [1.807, 2.05) is 79.6 Å². The van der Waals surface area contributed by atoms with Crippen molar-refractivity contribution in [3.63, 3.8) is 0 Å². The SMILES string of the molecule is CC(=CC1Nc2ccccc2O1)C=C1Oc2ccccc2N1C. The topological polar surface area (TPSA) is 33.7 Å². The molecule has 2 aliphatic heterocycles. The minimum absolute atomic E-state index is 0.154. The maximum atomic E-state index is 5.90. The Bertz CT molecular complexity index is 786. The molecule has 0 saturated heterocycles. The second-order valence-corrected chi connectivity index (χ2v) is 5.70. The Morgan fingerprint density at radius 2 is 1.83 bits per heavy atom. The lowest BCUT2D eigenvalue weighted by molar-refractivity contribution is 0.302. The van der Waals surface area contributed by atoms with Gasteiger partial charge < -0.3 is 19.7 Å². The molecule has 4 rings (SSSR count). The summed E-state index contributed by atoms with van der Waals surface area (Å²) in [5, 5.41) is 3.34. The molecule has 0 spiro atoms. The van der Waals surface area contributed by atoms with Crippen LogP contribution in [0, 0.1) is 0 Å². The number of fused-ring (bicyclic) bond motifs is 2. The zero-order valence-corrected chi connectivity index (χ0v) is 13.1. The number of hydrogen-bond donors (Lipinski definition) is 1. The molecule has 2 heterocycles. The van der Waals surface area contributed by atoms with Crippen LogP contribution in [0.4, 0.5) is 11.4 Å². The molecule has 1 unspecified atom stereocenters. The smallest absolute Gasteiger partial charge is 0.200 e. The van der Waals surface area contributed by atoms with Gasteiger partial charge >= 0.3 is 0 Å². The summed E-state index contributed by atoms with van der Waals surface area (Å²) in [5.41, 5.74) is 3.18. The summed E-state index contributed by atoms with van der Waals surface area (Å²) in [6, 6.07) is 16.0. The Kier molecular flexibility index (Phi) is 3.23. The maximum absolute atomic E-state index is 5.90. The Hall–Kier alpha value is -2.88. The molecule has 2 aromatic carbocycles. The molecule has 0 radical (unpaired) electrons. The Morgan fingerprint density at radius 1 is 1.09 bits per heavy atom. The molecule has 1 atom stereocenters. The lowest BCUT2D eigenvalue weighted by Gasteiger charge is -2.12. The van der Waals surface area contributed by atoms with Crippen molar-refractivity contribution in [2.75, 3.05) is 17.3 Å². The Morgan fingerprint density at radius 3 is 2.61 bits per heavy atom. The third-order valence-electron chi connectivity index (χ3n) is 3.98. The lowest BCUT2D eigenvalue weighted by Crippen LogP contribution is -2.17. The van der Waals surface area contributed by atoms with E-state index >= 15 is 0 Å². The van der Waals surface area contributed by atoms with Crippen LogP contribution in [0.1, 0.15) is 6.92 Å². The van der Waals surface area contributed by atoms with Gasteiger partial charge in [0, 0.05) is 13.1 Å². The fraction of sp³-hybridized carbons (Fsp3) is 0.158. The quantitative estimate of drug-likeness (QED) is 0.904. The number of anilines is 2. The summed E-state index contributed by atoms with van der Waals surface area (Å²) in [6.45, 7) is 2.04. The molecule has 0 aliphatic carbocycles. The summed E-state index contributed by atoms with van der Waals surface area (Å²) < 4.78 is 11.8. The van der Waals surface area contributed by atoms with Crippen molar-refractivity contribution in [1.29, 1.82) is 0 Å². The molecule has 0 amide bonds. The molecule has 2 aromatic rings. The van der Waals surface area contributed by atoms with Crippen molar-refractivity contribution in [3.8, 4) is 11.5 Å². The number of benzene rings is 2. The average molecular weight is 306 g/mol. The zero-order chi connectivity index (χ0) is 15.8. The van der Waals surface area contributed by atoms with E-state index in [1.165, 1.54) is 0 Å². The van der Waals surface area contributed by atoms with E-state index in [0.29, 0.717) is 0 Å². The highest BCUT2D eigenvalue weighted by molar-refractivity contribution is 5.66. The van der Waals surface area contributed by atoms with Crippen LogP contribution in [0.3, 0.4) is 0 Å². The molecule has 4 heteroatoms. The number of nitrogens with zero attached hydrogens (tertiary/aromatic N) is 1. The van der Waals surface area contributed by atoms with Crippen LogP contribution in [0.25, 0.3) is 0 Å². The van der Waals surface area contributed by atoms with Crippen LogP contribution in [0.2, 0.25) is 0 Å². The molecule has 1 N–H and O–H groups in total. The van der Waals surface area contributed by atoms with Gasteiger partial charge in [-0.1, -0.05) is 24.3 Å². The number of allylic oxidation sites excluding steroid dienone is 2. The third-order valence-corrected chi connectivity index (χ3v) is 3.98. The molecule has 0 aromatic heterocycles. The molecule has 116 valence electrons. The Labute approximate surface area is 135 Å². The van der Waals surface area contributed by atoms with Crippen LogP contribution in [0.15, 0.2) is 72.1 Å². The van der Waals surface area contributed by atoms with Gasteiger partial charge in [-0.2, -0.15) is 0 Å². The predicted molar refractivity (Wildman–Crippen MR) is 91.8 cm³/mol. The van der Waals surface area contributed by atoms with Gasteiger partial charge in [-0.25, -0.2) is 0 Å². The number of para-hydroxylation sites is 4. The first-order valence-electron chi connectivity index (χ1n) is 7.64. The largest absolute Gasteiger partial charge is 0.465 e. The second kappa shape index (κ2) is 5.39. The summed E-state index contributed by atoms with van der Waals surface area (Å²) in [4.78, 5) is 2.05. The standard InChI is InChI=1S/C19H18N2O2/c1-13(11-18-20-14-7-3-5-9-16(14)22-18)12-19-21(2)15-8-4-6-10-17(15)23-19/h3-12,18,20H,1-2H3.